The number of aliphatic carboxylic acids is 1. The molecular formula is C10H18N2O5S. The van der Waals surface area contributed by atoms with Crippen LogP contribution in [0.15, 0.2) is 0 Å². The number of carboxylic acid groups (broad SMARTS) is 1. The van der Waals surface area contributed by atoms with Gasteiger partial charge in [0.05, 0.1) is 18.1 Å². The van der Waals surface area contributed by atoms with Gasteiger partial charge in [0.25, 0.3) is 0 Å². The van der Waals surface area contributed by atoms with E-state index in [2.05, 4.69) is 10.0 Å². The molecule has 104 valence electrons. The lowest BCUT2D eigenvalue weighted by atomic mass is 10.1. The normalized spacial score (nSPS) is 25.5. The Morgan fingerprint density at radius 1 is 1.22 bits per heavy atom. The summed E-state index contributed by atoms with van der Waals surface area (Å²) in [6, 6.07) is 0. The Balaban J connectivity index is 2.38. The molecule has 0 heterocycles. The van der Waals surface area contributed by atoms with Crippen LogP contribution < -0.4 is 10.0 Å². The zero-order chi connectivity index (χ0) is 14.1. The summed E-state index contributed by atoms with van der Waals surface area (Å²) >= 11 is 0. The smallest absolute Gasteiger partial charge is 0.307 e. The Morgan fingerprint density at radius 3 is 2.17 bits per heavy atom. The highest BCUT2D eigenvalue weighted by molar-refractivity contribution is 7.88. The van der Waals surface area contributed by atoms with Gasteiger partial charge in [0.1, 0.15) is 0 Å². The van der Waals surface area contributed by atoms with E-state index in [1.54, 1.807) is 13.8 Å². The molecule has 1 aliphatic carbocycles. The van der Waals surface area contributed by atoms with E-state index in [1.807, 2.05) is 0 Å². The molecule has 0 aromatic rings. The molecule has 0 aliphatic heterocycles. The standard InChI is InChI=1S/C10H18N2O5S/c1-10(2)6(7(10)9(14)15)8(13)11-4-5-12-18(3,16)17/h6-7,12H,4-5H2,1-3H3,(H,11,13)(H,14,15)/t6-,7+/m1/s1. The average molecular weight is 278 g/mol. The lowest BCUT2D eigenvalue weighted by Gasteiger charge is -2.06. The molecule has 1 amide bonds. The van der Waals surface area contributed by atoms with E-state index in [0.717, 1.165) is 6.26 Å². The van der Waals surface area contributed by atoms with E-state index in [0.29, 0.717) is 0 Å². The summed E-state index contributed by atoms with van der Waals surface area (Å²) in [5.74, 6) is -2.54. The fourth-order valence-corrected chi connectivity index (χ4v) is 2.59. The molecule has 1 rings (SSSR count). The second-order valence-electron chi connectivity index (χ2n) is 5.07. The molecule has 7 nitrogen and oxygen atoms in total. The van der Waals surface area contributed by atoms with Crippen LogP contribution in [0.25, 0.3) is 0 Å². The van der Waals surface area contributed by atoms with Crippen molar-refractivity contribution in [3.05, 3.63) is 0 Å². The van der Waals surface area contributed by atoms with E-state index in [4.69, 9.17) is 5.11 Å². The van der Waals surface area contributed by atoms with Crippen molar-refractivity contribution < 1.29 is 23.1 Å². The molecule has 2 atom stereocenters. The molecule has 0 saturated heterocycles. The van der Waals surface area contributed by atoms with E-state index in [9.17, 15) is 18.0 Å². The Morgan fingerprint density at radius 2 is 1.78 bits per heavy atom. The topological polar surface area (TPSA) is 113 Å². The number of carbonyl (C=O) groups is 2. The van der Waals surface area contributed by atoms with Gasteiger partial charge in [-0.1, -0.05) is 13.8 Å². The Kier molecular flexibility index (Phi) is 4.02. The summed E-state index contributed by atoms with van der Waals surface area (Å²) in [5.41, 5.74) is -0.541. The zero-order valence-electron chi connectivity index (χ0n) is 10.6. The molecule has 1 saturated carbocycles. The van der Waals surface area contributed by atoms with Crippen LogP contribution in [0.4, 0.5) is 0 Å². The van der Waals surface area contributed by atoms with Crippen molar-refractivity contribution in [1.29, 1.82) is 0 Å². The van der Waals surface area contributed by atoms with E-state index in [1.165, 1.54) is 0 Å². The number of amides is 1. The Hall–Kier alpha value is -1.15. The number of rotatable bonds is 6. The zero-order valence-corrected chi connectivity index (χ0v) is 11.4. The molecule has 0 bridgehead atoms. The molecule has 18 heavy (non-hydrogen) atoms. The summed E-state index contributed by atoms with van der Waals surface area (Å²) in [6.45, 7) is 3.69. The number of hydrogen-bond acceptors (Lipinski definition) is 4. The lowest BCUT2D eigenvalue weighted by molar-refractivity contribution is -0.140. The fourth-order valence-electron chi connectivity index (χ4n) is 2.12. The van der Waals surface area contributed by atoms with Crippen LogP contribution in [0, 0.1) is 17.3 Å². The maximum absolute atomic E-state index is 11.7. The van der Waals surface area contributed by atoms with E-state index in [-0.39, 0.29) is 19.0 Å². The monoisotopic (exact) mass is 278 g/mol. The lowest BCUT2D eigenvalue weighted by Crippen LogP contribution is -2.35. The molecule has 0 aromatic heterocycles. The van der Waals surface area contributed by atoms with Crippen molar-refractivity contribution in [2.24, 2.45) is 17.3 Å². The minimum absolute atomic E-state index is 0.0927. The number of sulfonamides is 1. The minimum Gasteiger partial charge on any atom is -0.481 e. The quantitative estimate of drug-likeness (QED) is 0.540. The predicted octanol–water partition coefficient (Wildman–Crippen LogP) is -0.991. The Labute approximate surface area is 106 Å². The number of hydrogen-bond donors (Lipinski definition) is 3. The van der Waals surface area contributed by atoms with Crippen molar-refractivity contribution in [3.8, 4) is 0 Å². The molecule has 0 radical (unpaired) electrons. The number of carboxylic acids is 1. The predicted molar refractivity (Wildman–Crippen MR) is 64.3 cm³/mol. The second kappa shape index (κ2) is 4.85. The fraction of sp³-hybridized carbons (Fsp3) is 0.800. The van der Waals surface area contributed by atoms with Gasteiger partial charge in [-0.05, 0) is 5.41 Å². The van der Waals surface area contributed by atoms with Gasteiger partial charge in [-0.25, -0.2) is 13.1 Å². The molecule has 8 heteroatoms. The molecule has 0 spiro atoms. The van der Waals surface area contributed by atoms with Crippen LogP contribution in [0.3, 0.4) is 0 Å². The first-order valence-corrected chi connectivity index (χ1v) is 7.41. The van der Waals surface area contributed by atoms with Crippen LogP contribution in [0.1, 0.15) is 13.8 Å². The molecule has 1 fully saturated rings. The first kappa shape index (κ1) is 14.9. The van der Waals surface area contributed by atoms with E-state index < -0.39 is 33.2 Å². The van der Waals surface area contributed by atoms with Crippen molar-refractivity contribution in [3.63, 3.8) is 0 Å². The molecular weight excluding hydrogens is 260 g/mol. The summed E-state index contributed by atoms with van der Waals surface area (Å²) in [5, 5.41) is 11.4. The Bertz CT molecular complexity index is 457. The van der Waals surface area contributed by atoms with Crippen LogP contribution in [-0.2, 0) is 19.6 Å². The minimum atomic E-state index is -3.27. The van der Waals surface area contributed by atoms with Gasteiger partial charge in [0, 0.05) is 13.1 Å². The maximum atomic E-state index is 11.7. The summed E-state index contributed by atoms with van der Waals surface area (Å²) < 4.78 is 23.8. The highest BCUT2D eigenvalue weighted by Crippen LogP contribution is 2.58. The van der Waals surface area contributed by atoms with Gasteiger partial charge in [-0.2, -0.15) is 0 Å². The number of carbonyl (C=O) groups excluding carboxylic acids is 1. The van der Waals surface area contributed by atoms with Crippen LogP contribution in [0.2, 0.25) is 0 Å². The summed E-state index contributed by atoms with van der Waals surface area (Å²) in [4.78, 5) is 22.6. The SMILES string of the molecule is CC1(C)[C@H](C(=O)O)[C@@H]1C(=O)NCCNS(C)(=O)=O. The highest BCUT2D eigenvalue weighted by Gasteiger charge is 2.65. The van der Waals surface area contributed by atoms with Crippen LogP contribution in [-0.4, -0.2) is 44.7 Å². The second-order valence-corrected chi connectivity index (χ2v) is 6.91. The maximum Gasteiger partial charge on any atom is 0.307 e. The highest BCUT2D eigenvalue weighted by atomic mass is 32.2. The van der Waals surface area contributed by atoms with E-state index >= 15 is 0 Å². The van der Waals surface area contributed by atoms with Crippen molar-refractivity contribution in [1.82, 2.24) is 10.0 Å². The number of nitrogens with one attached hydrogen (secondary N) is 2. The van der Waals surface area contributed by atoms with Gasteiger partial charge in [0.15, 0.2) is 0 Å². The van der Waals surface area contributed by atoms with Gasteiger partial charge < -0.3 is 10.4 Å². The molecule has 0 unspecified atom stereocenters. The molecule has 1 aliphatic rings. The first-order chi connectivity index (χ1) is 8.07. The summed E-state index contributed by atoms with van der Waals surface area (Å²) in [7, 11) is -3.27. The van der Waals surface area contributed by atoms with Crippen molar-refractivity contribution in [2.75, 3.05) is 19.3 Å². The van der Waals surface area contributed by atoms with Crippen LogP contribution >= 0.6 is 0 Å². The van der Waals surface area contributed by atoms with Gasteiger partial charge in [-0.15, -0.1) is 0 Å². The third-order valence-electron chi connectivity index (χ3n) is 3.16. The van der Waals surface area contributed by atoms with Gasteiger partial charge >= 0.3 is 5.97 Å². The third-order valence-corrected chi connectivity index (χ3v) is 3.89. The largest absolute Gasteiger partial charge is 0.481 e. The van der Waals surface area contributed by atoms with Gasteiger partial charge in [0.2, 0.25) is 15.9 Å². The van der Waals surface area contributed by atoms with Gasteiger partial charge in [-0.3, -0.25) is 9.59 Å². The third kappa shape index (κ3) is 3.42. The first-order valence-electron chi connectivity index (χ1n) is 5.52. The average Bonchev–Trinajstić information content (AvgIpc) is 2.75. The van der Waals surface area contributed by atoms with Crippen LogP contribution in [0.5, 0.6) is 0 Å². The molecule has 3 N–H and O–H groups in total. The van der Waals surface area contributed by atoms with Crippen molar-refractivity contribution >= 4 is 21.9 Å². The molecule has 0 aromatic carbocycles. The van der Waals surface area contributed by atoms with Crippen molar-refractivity contribution in [2.45, 2.75) is 13.8 Å². The summed E-state index contributed by atoms with van der Waals surface area (Å²) in [6.07, 6.45) is 1.03.